The number of amides is 1. The standard InChI is InChI=1S/C8H7N5O3/c14-8(11-7-1-2-10-12-7)6-3-5(4-9-6)13(15)16/h1-4,9H,(H2,10,11,12,14). The molecule has 2 aromatic heterocycles. The van der Waals surface area contributed by atoms with Crippen LogP contribution in [-0.2, 0) is 0 Å². The van der Waals surface area contributed by atoms with Gasteiger partial charge in [-0.15, -0.1) is 0 Å². The van der Waals surface area contributed by atoms with Crippen LogP contribution in [0.15, 0.2) is 24.5 Å². The van der Waals surface area contributed by atoms with Crippen LogP contribution in [0.4, 0.5) is 11.5 Å². The third-order valence-electron chi connectivity index (χ3n) is 1.87. The quantitative estimate of drug-likeness (QED) is 0.527. The lowest BCUT2D eigenvalue weighted by atomic mass is 10.4. The number of aromatic nitrogens is 3. The maximum atomic E-state index is 11.5. The van der Waals surface area contributed by atoms with Crippen molar-refractivity contribution >= 4 is 17.4 Å². The Kier molecular flexibility index (Phi) is 2.38. The number of nitrogens with zero attached hydrogens (tertiary/aromatic N) is 2. The van der Waals surface area contributed by atoms with E-state index in [9.17, 15) is 14.9 Å². The van der Waals surface area contributed by atoms with Crippen molar-refractivity contribution in [3.05, 3.63) is 40.3 Å². The summed E-state index contributed by atoms with van der Waals surface area (Å²) in [6.07, 6.45) is 2.63. The van der Waals surface area contributed by atoms with Crippen molar-refractivity contribution in [1.82, 2.24) is 15.2 Å². The zero-order valence-electron chi connectivity index (χ0n) is 7.93. The predicted octanol–water partition coefficient (Wildman–Crippen LogP) is 0.898. The van der Waals surface area contributed by atoms with Crippen molar-refractivity contribution in [2.75, 3.05) is 5.32 Å². The molecule has 8 nitrogen and oxygen atoms in total. The van der Waals surface area contributed by atoms with Gasteiger partial charge >= 0.3 is 0 Å². The van der Waals surface area contributed by atoms with Gasteiger partial charge in [-0.3, -0.25) is 20.0 Å². The number of carbonyl (C=O) groups excluding carboxylic acids is 1. The SMILES string of the molecule is O=C(Nc1ccn[nH]1)c1cc([N+](=O)[O-])c[nH]1. The van der Waals surface area contributed by atoms with Crippen LogP contribution in [0.1, 0.15) is 10.5 Å². The number of anilines is 1. The number of carbonyl (C=O) groups is 1. The molecule has 0 fully saturated rings. The van der Waals surface area contributed by atoms with Crippen LogP contribution in [0, 0.1) is 10.1 Å². The molecule has 0 unspecified atom stereocenters. The number of hydrogen-bond donors (Lipinski definition) is 3. The molecule has 8 heteroatoms. The summed E-state index contributed by atoms with van der Waals surface area (Å²) in [4.78, 5) is 23.9. The Balaban J connectivity index is 2.12. The van der Waals surface area contributed by atoms with E-state index in [2.05, 4.69) is 20.5 Å². The molecule has 2 rings (SSSR count). The van der Waals surface area contributed by atoms with E-state index < -0.39 is 10.8 Å². The lowest BCUT2D eigenvalue weighted by Gasteiger charge is -1.98. The van der Waals surface area contributed by atoms with Crippen LogP contribution < -0.4 is 5.32 Å². The highest BCUT2D eigenvalue weighted by Gasteiger charge is 2.14. The number of rotatable bonds is 3. The van der Waals surface area contributed by atoms with E-state index in [0.717, 1.165) is 12.3 Å². The van der Waals surface area contributed by atoms with Gasteiger partial charge in [-0.1, -0.05) is 0 Å². The summed E-state index contributed by atoms with van der Waals surface area (Å²) in [6.45, 7) is 0. The lowest BCUT2D eigenvalue weighted by molar-refractivity contribution is -0.384. The van der Waals surface area contributed by atoms with E-state index in [1.807, 2.05) is 0 Å². The highest BCUT2D eigenvalue weighted by Crippen LogP contribution is 2.13. The van der Waals surface area contributed by atoms with E-state index in [-0.39, 0.29) is 11.4 Å². The largest absolute Gasteiger partial charge is 0.351 e. The minimum atomic E-state index is -0.580. The first-order chi connectivity index (χ1) is 7.66. The molecule has 0 saturated heterocycles. The lowest BCUT2D eigenvalue weighted by Crippen LogP contribution is -2.12. The Morgan fingerprint density at radius 3 is 2.94 bits per heavy atom. The molecular weight excluding hydrogens is 214 g/mol. The Bertz CT molecular complexity index is 516. The fourth-order valence-corrected chi connectivity index (χ4v) is 1.13. The first kappa shape index (κ1) is 9.90. The van der Waals surface area contributed by atoms with Crippen molar-refractivity contribution in [2.45, 2.75) is 0 Å². The van der Waals surface area contributed by atoms with Gasteiger partial charge in [0, 0.05) is 12.1 Å². The summed E-state index contributed by atoms with van der Waals surface area (Å²) in [5.41, 5.74) is -0.0453. The molecule has 1 amide bonds. The van der Waals surface area contributed by atoms with Gasteiger partial charge in [-0.2, -0.15) is 5.10 Å². The molecule has 82 valence electrons. The maximum Gasteiger partial charge on any atom is 0.287 e. The summed E-state index contributed by atoms with van der Waals surface area (Å²) in [5.74, 6) is -0.0559. The van der Waals surface area contributed by atoms with Gasteiger partial charge in [0.25, 0.3) is 11.6 Å². The molecule has 0 radical (unpaired) electrons. The predicted molar refractivity (Wildman–Crippen MR) is 54.0 cm³/mol. The fourth-order valence-electron chi connectivity index (χ4n) is 1.13. The minimum Gasteiger partial charge on any atom is -0.351 e. The zero-order valence-corrected chi connectivity index (χ0v) is 7.93. The summed E-state index contributed by atoms with van der Waals surface area (Å²) in [6, 6.07) is 2.72. The van der Waals surface area contributed by atoms with Crippen molar-refractivity contribution < 1.29 is 9.72 Å². The average molecular weight is 221 g/mol. The monoisotopic (exact) mass is 221 g/mol. The van der Waals surface area contributed by atoms with Crippen molar-refractivity contribution in [1.29, 1.82) is 0 Å². The normalized spacial score (nSPS) is 10.0. The third-order valence-corrected chi connectivity index (χ3v) is 1.87. The summed E-state index contributed by atoms with van der Waals surface area (Å²) < 4.78 is 0. The summed E-state index contributed by atoms with van der Waals surface area (Å²) in [5, 5.41) is 19.1. The molecular formula is C8H7N5O3. The molecule has 0 aliphatic carbocycles. The van der Waals surface area contributed by atoms with E-state index in [4.69, 9.17) is 0 Å². The van der Waals surface area contributed by atoms with Crippen LogP contribution in [-0.4, -0.2) is 26.0 Å². The highest BCUT2D eigenvalue weighted by molar-refractivity contribution is 6.02. The fraction of sp³-hybridized carbons (Fsp3) is 0. The summed E-state index contributed by atoms with van der Waals surface area (Å²) in [7, 11) is 0. The molecule has 0 spiro atoms. The van der Waals surface area contributed by atoms with Crippen molar-refractivity contribution in [2.24, 2.45) is 0 Å². The van der Waals surface area contributed by atoms with E-state index >= 15 is 0 Å². The second-order valence-electron chi connectivity index (χ2n) is 2.95. The number of nitrogens with one attached hydrogen (secondary N) is 3. The number of hydrogen-bond acceptors (Lipinski definition) is 4. The molecule has 0 aliphatic rings. The number of aromatic amines is 2. The maximum absolute atomic E-state index is 11.5. The van der Waals surface area contributed by atoms with Crippen molar-refractivity contribution in [3.63, 3.8) is 0 Å². The van der Waals surface area contributed by atoms with Gasteiger partial charge in [0.1, 0.15) is 11.5 Å². The van der Waals surface area contributed by atoms with Gasteiger partial charge in [0.05, 0.1) is 17.3 Å². The van der Waals surface area contributed by atoms with Gasteiger partial charge in [-0.05, 0) is 0 Å². The number of H-pyrrole nitrogens is 2. The van der Waals surface area contributed by atoms with E-state index in [0.29, 0.717) is 5.82 Å². The zero-order chi connectivity index (χ0) is 11.5. The third kappa shape index (κ3) is 1.90. The van der Waals surface area contributed by atoms with Crippen LogP contribution in [0.25, 0.3) is 0 Å². The molecule has 0 aliphatic heterocycles. The second kappa shape index (κ2) is 3.85. The molecule has 0 aromatic carbocycles. The first-order valence-electron chi connectivity index (χ1n) is 4.30. The molecule has 16 heavy (non-hydrogen) atoms. The highest BCUT2D eigenvalue weighted by atomic mass is 16.6. The topological polar surface area (TPSA) is 117 Å². The Hall–Kier alpha value is -2.64. The van der Waals surface area contributed by atoms with Gasteiger partial charge in [-0.25, -0.2) is 0 Å². The van der Waals surface area contributed by atoms with Gasteiger partial charge in [0.2, 0.25) is 0 Å². The van der Waals surface area contributed by atoms with Gasteiger partial charge < -0.3 is 10.3 Å². The van der Waals surface area contributed by atoms with E-state index in [1.165, 1.54) is 6.20 Å². The van der Waals surface area contributed by atoms with Gasteiger partial charge in [0.15, 0.2) is 0 Å². The average Bonchev–Trinajstić information content (AvgIpc) is 2.86. The van der Waals surface area contributed by atoms with Crippen LogP contribution in [0.2, 0.25) is 0 Å². The van der Waals surface area contributed by atoms with Crippen LogP contribution in [0.3, 0.4) is 0 Å². The molecule has 2 aromatic rings. The van der Waals surface area contributed by atoms with Crippen LogP contribution >= 0.6 is 0 Å². The number of nitro groups is 1. The molecule has 3 N–H and O–H groups in total. The Morgan fingerprint density at radius 1 is 1.56 bits per heavy atom. The minimum absolute atomic E-state index is 0.112. The molecule has 0 atom stereocenters. The van der Waals surface area contributed by atoms with Crippen LogP contribution in [0.5, 0.6) is 0 Å². The second-order valence-corrected chi connectivity index (χ2v) is 2.95. The Morgan fingerprint density at radius 2 is 2.38 bits per heavy atom. The Labute approximate surface area is 88.8 Å². The molecule has 0 bridgehead atoms. The molecule has 0 saturated carbocycles. The van der Waals surface area contributed by atoms with E-state index in [1.54, 1.807) is 6.07 Å². The first-order valence-corrected chi connectivity index (χ1v) is 4.30. The van der Waals surface area contributed by atoms with Crippen molar-refractivity contribution in [3.8, 4) is 0 Å². The smallest absolute Gasteiger partial charge is 0.287 e. The summed E-state index contributed by atoms with van der Waals surface area (Å²) >= 11 is 0. The molecule has 2 heterocycles.